The second-order valence-electron chi connectivity index (χ2n) is 7.91. The third kappa shape index (κ3) is 5.40. The number of hydrogen-bond donors (Lipinski definition) is 0. The van der Waals surface area contributed by atoms with Crippen LogP contribution in [0.2, 0.25) is 0 Å². The maximum Gasteiger partial charge on any atom is 0.0121 e. The van der Waals surface area contributed by atoms with Gasteiger partial charge in [-0.05, 0) is 59.5 Å². The van der Waals surface area contributed by atoms with Gasteiger partial charge in [-0.1, -0.05) is 0 Å². The van der Waals surface area contributed by atoms with E-state index in [1.807, 2.05) is 0 Å². The second kappa shape index (κ2) is 8.77. The molecule has 0 aliphatic carbocycles. The van der Waals surface area contributed by atoms with Gasteiger partial charge in [0.2, 0.25) is 0 Å². The zero-order chi connectivity index (χ0) is 16.1. The number of rotatable bonds is 5. The van der Waals surface area contributed by atoms with E-state index in [0.29, 0.717) is 0 Å². The largest absolute Gasteiger partial charge is 0.306 e. The van der Waals surface area contributed by atoms with Gasteiger partial charge >= 0.3 is 0 Å². The highest BCUT2D eigenvalue weighted by atomic mass is 15.3. The van der Waals surface area contributed by atoms with Crippen molar-refractivity contribution in [2.45, 2.75) is 25.3 Å². The van der Waals surface area contributed by atoms with Crippen molar-refractivity contribution in [3.8, 4) is 0 Å². The van der Waals surface area contributed by atoms with Crippen molar-refractivity contribution in [2.75, 3.05) is 92.6 Å². The standard InChI is InChI=1S/C18H37N5/c1-19-8-4-18(5-9-19)23-16-14-22(15-17-23)7-3-6-21-12-10-20(2)11-13-21/h18H,3-17H2,1-2H3. The molecule has 0 aromatic heterocycles. The molecule has 134 valence electrons. The number of hydrogen-bond acceptors (Lipinski definition) is 5. The lowest BCUT2D eigenvalue weighted by atomic mass is 10.0. The van der Waals surface area contributed by atoms with Gasteiger partial charge in [-0.25, -0.2) is 0 Å². The molecule has 23 heavy (non-hydrogen) atoms. The maximum absolute atomic E-state index is 2.77. The van der Waals surface area contributed by atoms with Crippen LogP contribution in [0.5, 0.6) is 0 Å². The molecule has 3 fully saturated rings. The number of likely N-dealkylation sites (N-methyl/N-ethyl adjacent to an activating group) is 1. The zero-order valence-corrected chi connectivity index (χ0v) is 15.4. The van der Waals surface area contributed by atoms with Crippen molar-refractivity contribution < 1.29 is 0 Å². The molecule has 0 unspecified atom stereocenters. The number of likely N-dealkylation sites (tertiary alicyclic amines) is 1. The summed E-state index contributed by atoms with van der Waals surface area (Å²) < 4.78 is 0. The number of piperazine rings is 2. The van der Waals surface area contributed by atoms with Crippen LogP contribution in [0.1, 0.15) is 19.3 Å². The van der Waals surface area contributed by atoms with Gasteiger partial charge < -0.3 is 19.6 Å². The van der Waals surface area contributed by atoms with Gasteiger partial charge in [0.05, 0.1) is 0 Å². The predicted molar refractivity (Wildman–Crippen MR) is 97.1 cm³/mol. The van der Waals surface area contributed by atoms with Crippen LogP contribution in [-0.2, 0) is 0 Å². The van der Waals surface area contributed by atoms with Gasteiger partial charge in [-0.15, -0.1) is 0 Å². The summed E-state index contributed by atoms with van der Waals surface area (Å²) in [6, 6.07) is 0.860. The van der Waals surface area contributed by atoms with Gasteiger partial charge in [0, 0.05) is 58.4 Å². The molecule has 3 aliphatic heterocycles. The Kier molecular flexibility index (Phi) is 6.72. The minimum atomic E-state index is 0.860. The summed E-state index contributed by atoms with van der Waals surface area (Å²) in [6.45, 7) is 15.4. The smallest absolute Gasteiger partial charge is 0.0121 e. The van der Waals surface area contributed by atoms with Crippen LogP contribution in [0.3, 0.4) is 0 Å². The second-order valence-corrected chi connectivity index (χ2v) is 7.91. The first-order valence-corrected chi connectivity index (χ1v) is 9.76. The molecule has 0 saturated carbocycles. The molecular formula is C18H37N5. The molecule has 0 atom stereocenters. The van der Waals surface area contributed by atoms with E-state index in [4.69, 9.17) is 0 Å². The first kappa shape index (κ1) is 17.6. The highest BCUT2D eigenvalue weighted by Crippen LogP contribution is 2.17. The van der Waals surface area contributed by atoms with E-state index in [1.165, 1.54) is 97.8 Å². The fraction of sp³-hybridized carbons (Fsp3) is 1.00. The van der Waals surface area contributed by atoms with Crippen LogP contribution in [-0.4, -0.2) is 123 Å². The molecule has 0 radical (unpaired) electrons. The Balaban J connectivity index is 1.27. The molecule has 3 aliphatic rings. The highest BCUT2D eigenvalue weighted by molar-refractivity contribution is 4.82. The van der Waals surface area contributed by atoms with Crippen LogP contribution >= 0.6 is 0 Å². The third-order valence-corrected chi connectivity index (χ3v) is 6.16. The Morgan fingerprint density at radius 2 is 1.09 bits per heavy atom. The minimum absolute atomic E-state index is 0.860. The summed E-state index contributed by atoms with van der Waals surface area (Å²) in [4.78, 5) is 13.0. The van der Waals surface area contributed by atoms with Crippen LogP contribution in [0.15, 0.2) is 0 Å². The van der Waals surface area contributed by atoms with Crippen molar-refractivity contribution in [3.05, 3.63) is 0 Å². The zero-order valence-electron chi connectivity index (χ0n) is 15.4. The first-order valence-electron chi connectivity index (χ1n) is 9.76. The summed E-state index contributed by atoms with van der Waals surface area (Å²) in [5, 5.41) is 0. The topological polar surface area (TPSA) is 16.2 Å². The molecule has 0 aromatic rings. The highest BCUT2D eigenvalue weighted by Gasteiger charge is 2.26. The monoisotopic (exact) mass is 323 g/mol. The Labute approximate surface area is 143 Å². The van der Waals surface area contributed by atoms with Crippen LogP contribution in [0.25, 0.3) is 0 Å². The molecule has 0 bridgehead atoms. The Morgan fingerprint density at radius 3 is 1.65 bits per heavy atom. The Bertz CT molecular complexity index is 324. The fourth-order valence-corrected chi connectivity index (χ4v) is 4.30. The normalized spacial score (nSPS) is 28.4. The Morgan fingerprint density at radius 1 is 0.609 bits per heavy atom. The summed E-state index contributed by atoms with van der Waals surface area (Å²) in [5.74, 6) is 0. The SMILES string of the molecule is CN1CCC(N2CCN(CCCN3CCN(C)CC3)CC2)CC1. The Hall–Kier alpha value is -0.200. The van der Waals surface area contributed by atoms with E-state index >= 15 is 0 Å². The van der Waals surface area contributed by atoms with Gasteiger partial charge in [0.25, 0.3) is 0 Å². The average molecular weight is 324 g/mol. The van der Waals surface area contributed by atoms with Crippen LogP contribution < -0.4 is 0 Å². The van der Waals surface area contributed by atoms with E-state index in [2.05, 4.69) is 38.6 Å². The van der Waals surface area contributed by atoms with E-state index in [1.54, 1.807) is 0 Å². The molecule has 3 saturated heterocycles. The molecule has 5 heteroatoms. The van der Waals surface area contributed by atoms with E-state index in [9.17, 15) is 0 Å². The lowest BCUT2D eigenvalue weighted by molar-refractivity contribution is 0.0619. The van der Waals surface area contributed by atoms with Gasteiger partial charge in [0.15, 0.2) is 0 Å². The van der Waals surface area contributed by atoms with Crippen molar-refractivity contribution >= 4 is 0 Å². The lowest BCUT2D eigenvalue weighted by Crippen LogP contribution is -2.53. The van der Waals surface area contributed by atoms with Crippen molar-refractivity contribution in [1.29, 1.82) is 0 Å². The molecule has 0 spiro atoms. The maximum atomic E-state index is 2.77. The summed E-state index contributed by atoms with van der Waals surface area (Å²) >= 11 is 0. The number of nitrogens with zero attached hydrogens (tertiary/aromatic N) is 5. The lowest BCUT2D eigenvalue weighted by Gasteiger charge is -2.42. The molecule has 0 amide bonds. The third-order valence-electron chi connectivity index (χ3n) is 6.16. The minimum Gasteiger partial charge on any atom is -0.306 e. The summed E-state index contributed by atoms with van der Waals surface area (Å²) in [7, 11) is 4.50. The van der Waals surface area contributed by atoms with Crippen LogP contribution in [0, 0.1) is 0 Å². The fourth-order valence-electron chi connectivity index (χ4n) is 4.30. The quantitative estimate of drug-likeness (QED) is 0.723. The summed E-state index contributed by atoms with van der Waals surface area (Å²) in [5.41, 5.74) is 0. The van der Waals surface area contributed by atoms with Gasteiger partial charge in [-0.3, -0.25) is 4.90 Å². The van der Waals surface area contributed by atoms with Crippen molar-refractivity contribution in [1.82, 2.24) is 24.5 Å². The first-order chi connectivity index (χ1) is 11.2. The van der Waals surface area contributed by atoms with E-state index in [0.717, 1.165) is 6.04 Å². The predicted octanol–water partition coefficient (Wildman–Crippen LogP) is 0.336. The molecule has 0 N–H and O–H groups in total. The molecular weight excluding hydrogens is 286 g/mol. The van der Waals surface area contributed by atoms with E-state index in [-0.39, 0.29) is 0 Å². The van der Waals surface area contributed by atoms with Crippen molar-refractivity contribution in [2.24, 2.45) is 0 Å². The average Bonchev–Trinajstić information content (AvgIpc) is 2.58. The van der Waals surface area contributed by atoms with E-state index < -0.39 is 0 Å². The van der Waals surface area contributed by atoms with Crippen LogP contribution in [0.4, 0.5) is 0 Å². The van der Waals surface area contributed by atoms with Gasteiger partial charge in [-0.2, -0.15) is 0 Å². The molecule has 0 aromatic carbocycles. The van der Waals surface area contributed by atoms with Gasteiger partial charge in [0.1, 0.15) is 0 Å². The summed E-state index contributed by atoms with van der Waals surface area (Å²) in [6.07, 6.45) is 4.09. The molecule has 3 rings (SSSR count). The van der Waals surface area contributed by atoms with Crippen molar-refractivity contribution in [3.63, 3.8) is 0 Å². The molecule has 3 heterocycles. The molecule has 5 nitrogen and oxygen atoms in total. The number of piperidine rings is 1.